The number of esters is 1. The van der Waals surface area contributed by atoms with Gasteiger partial charge in [0.1, 0.15) is 5.56 Å². The number of rotatable bonds is 2. The third kappa shape index (κ3) is 2.95. The Morgan fingerprint density at radius 2 is 1.83 bits per heavy atom. The fourth-order valence-electron chi connectivity index (χ4n) is 3.41. The fourth-order valence-corrected chi connectivity index (χ4v) is 3.41. The lowest BCUT2D eigenvalue weighted by Crippen LogP contribution is -2.28. The molecule has 0 spiro atoms. The van der Waals surface area contributed by atoms with Crippen molar-refractivity contribution in [1.29, 1.82) is 0 Å². The summed E-state index contributed by atoms with van der Waals surface area (Å²) in [6.45, 7) is 0. The summed E-state index contributed by atoms with van der Waals surface area (Å²) in [5, 5.41) is 0.630. The van der Waals surface area contributed by atoms with Gasteiger partial charge in [0.2, 0.25) is 0 Å². The van der Waals surface area contributed by atoms with Crippen LogP contribution in [-0.4, -0.2) is 22.6 Å². The van der Waals surface area contributed by atoms with E-state index < -0.39 is 28.8 Å². The first-order valence-corrected chi connectivity index (χ1v) is 8.72. The zero-order valence-corrected chi connectivity index (χ0v) is 15.5. The van der Waals surface area contributed by atoms with Crippen LogP contribution in [0.1, 0.15) is 15.9 Å². The number of aromatic nitrogens is 2. The van der Waals surface area contributed by atoms with Gasteiger partial charge in [0, 0.05) is 17.0 Å². The number of carbonyl (C=O) groups is 1. The van der Waals surface area contributed by atoms with Crippen molar-refractivity contribution in [3.63, 3.8) is 0 Å². The predicted octanol–water partition coefficient (Wildman–Crippen LogP) is 3.93. The van der Waals surface area contributed by atoms with Crippen LogP contribution in [0.3, 0.4) is 0 Å². The number of fused-ring (bicyclic) bond motifs is 2. The highest BCUT2D eigenvalue weighted by molar-refractivity contribution is 6.05. The van der Waals surface area contributed by atoms with Gasteiger partial charge in [0.15, 0.2) is 0 Å². The summed E-state index contributed by atoms with van der Waals surface area (Å²) in [4.78, 5) is 29.8. The van der Waals surface area contributed by atoms with E-state index in [9.17, 15) is 22.8 Å². The Kier molecular flexibility index (Phi) is 4.45. The zero-order chi connectivity index (χ0) is 21.6. The van der Waals surface area contributed by atoms with Crippen LogP contribution < -0.4 is 11.3 Å². The first kappa shape index (κ1) is 19.4. The van der Waals surface area contributed by atoms with E-state index >= 15 is 0 Å². The Bertz CT molecular complexity index is 1370. The second kappa shape index (κ2) is 6.87. The van der Waals surface area contributed by atoms with E-state index in [1.54, 1.807) is 24.3 Å². The van der Waals surface area contributed by atoms with Gasteiger partial charge < -0.3 is 10.5 Å². The van der Waals surface area contributed by atoms with Crippen LogP contribution in [0.15, 0.2) is 59.5 Å². The number of pyridine rings is 2. The number of carbonyl (C=O) groups excluding carboxylic acids is 1. The molecular weight excluding hydrogens is 399 g/mol. The molecule has 4 rings (SSSR count). The molecule has 9 heteroatoms. The standard InChI is InChI=1S/C21H14F3N3O3/c1-30-20(29)17-18(25)13-7-6-11(21(22,23)24)10-16(13)27(19(17)28)15-8-9-26-14-5-3-2-4-12(14)15/h2-10H,25H2,1H3. The van der Waals surface area contributed by atoms with Crippen molar-refractivity contribution in [2.45, 2.75) is 6.18 Å². The molecule has 0 fully saturated rings. The topological polar surface area (TPSA) is 87.2 Å². The van der Waals surface area contributed by atoms with Gasteiger partial charge >= 0.3 is 12.1 Å². The van der Waals surface area contributed by atoms with Crippen molar-refractivity contribution in [2.24, 2.45) is 0 Å². The van der Waals surface area contributed by atoms with Gasteiger partial charge in [0.25, 0.3) is 5.56 Å². The largest absolute Gasteiger partial charge is 0.465 e. The van der Waals surface area contributed by atoms with Crippen molar-refractivity contribution in [2.75, 3.05) is 12.8 Å². The number of hydrogen-bond donors (Lipinski definition) is 1. The third-order valence-electron chi connectivity index (χ3n) is 4.80. The lowest BCUT2D eigenvalue weighted by atomic mass is 10.0. The summed E-state index contributed by atoms with van der Waals surface area (Å²) in [6, 6.07) is 11.1. The number of hydrogen-bond acceptors (Lipinski definition) is 5. The third-order valence-corrected chi connectivity index (χ3v) is 4.80. The first-order chi connectivity index (χ1) is 14.2. The van der Waals surface area contributed by atoms with Gasteiger partial charge in [-0.05, 0) is 24.3 Å². The molecule has 0 aliphatic carbocycles. The van der Waals surface area contributed by atoms with E-state index in [1.165, 1.54) is 12.3 Å². The smallest absolute Gasteiger partial charge is 0.416 e. The average molecular weight is 413 g/mol. The Hall–Kier alpha value is -3.88. The average Bonchev–Trinajstić information content (AvgIpc) is 2.72. The predicted molar refractivity (Wildman–Crippen MR) is 106 cm³/mol. The molecule has 6 nitrogen and oxygen atoms in total. The maximum Gasteiger partial charge on any atom is 0.416 e. The lowest BCUT2D eigenvalue weighted by molar-refractivity contribution is -0.137. The second-order valence-electron chi connectivity index (χ2n) is 6.50. The Morgan fingerprint density at radius 3 is 2.53 bits per heavy atom. The van der Waals surface area contributed by atoms with Crippen LogP contribution in [-0.2, 0) is 10.9 Å². The summed E-state index contributed by atoms with van der Waals surface area (Å²) in [5.41, 5.74) is 4.17. The minimum Gasteiger partial charge on any atom is -0.465 e. The number of halogens is 3. The number of alkyl halides is 3. The number of methoxy groups -OCH3 is 1. The van der Waals surface area contributed by atoms with Gasteiger partial charge in [-0.3, -0.25) is 14.3 Å². The molecule has 0 radical (unpaired) electrons. The number of anilines is 1. The SMILES string of the molecule is COC(=O)c1c(N)c2ccc(C(F)(F)F)cc2n(-c2ccnc3ccccc23)c1=O. The molecule has 2 aromatic heterocycles. The molecule has 0 amide bonds. The molecule has 0 aliphatic rings. The minimum atomic E-state index is -4.63. The molecule has 2 heterocycles. The van der Waals surface area contributed by atoms with E-state index in [-0.39, 0.29) is 22.3 Å². The van der Waals surface area contributed by atoms with E-state index in [0.717, 1.165) is 29.9 Å². The highest BCUT2D eigenvalue weighted by atomic mass is 19.4. The van der Waals surface area contributed by atoms with Crippen LogP contribution in [0, 0.1) is 0 Å². The van der Waals surface area contributed by atoms with Crippen molar-refractivity contribution >= 4 is 33.5 Å². The van der Waals surface area contributed by atoms with E-state index in [4.69, 9.17) is 5.73 Å². The van der Waals surface area contributed by atoms with Gasteiger partial charge in [-0.1, -0.05) is 24.3 Å². The quantitative estimate of drug-likeness (QED) is 0.503. The number of para-hydroxylation sites is 1. The van der Waals surface area contributed by atoms with Gasteiger partial charge in [-0.15, -0.1) is 0 Å². The van der Waals surface area contributed by atoms with Crippen LogP contribution >= 0.6 is 0 Å². The molecule has 0 saturated carbocycles. The number of benzene rings is 2. The Morgan fingerprint density at radius 1 is 1.10 bits per heavy atom. The molecule has 152 valence electrons. The molecule has 30 heavy (non-hydrogen) atoms. The fraction of sp³-hybridized carbons (Fsp3) is 0.0952. The highest BCUT2D eigenvalue weighted by Gasteiger charge is 2.32. The van der Waals surface area contributed by atoms with E-state index in [1.807, 2.05) is 0 Å². The summed E-state index contributed by atoms with van der Waals surface area (Å²) >= 11 is 0. The normalized spacial score (nSPS) is 11.7. The molecule has 0 saturated heterocycles. The highest BCUT2D eigenvalue weighted by Crippen LogP contribution is 2.34. The van der Waals surface area contributed by atoms with Gasteiger partial charge in [-0.2, -0.15) is 13.2 Å². The van der Waals surface area contributed by atoms with E-state index in [2.05, 4.69) is 9.72 Å². The molecular formula is C21H14F3N3O3. The number of nitrogens with two attached hydrogens (primary N) is 1. The first-order valence-electron chi connectivity index (χ1n) is 8.72. The van der Waals surface area contributed by atoms with Crippen molar-refractivity contribution in [1.82, 2.24) is 9.55 Å². The number of nitrogen functional groups attached to an aromatic ring is 1. The van der Waals surface area contributed by atoms with Gasteiger partial charge in [-0.25, -0.2) is 4.79 Å². The summed E-state index contributed by atoms with van der Waals surface area (Å²) in [5.74, 6) is -0.980. The maximum atomic E-state index is 13.4. The maximum absolute atomic E-state index is 13.4. The van der Waals surface area contributed by atoms with Crippen molar-refractivity contribution in [3.05, 3.63) is 76.2 Å². The van der Waals surface area contributed by atoms with Crippen LogP contribution in [0.5, 0.6) is 0 Å². The summed E-state index contributed by atoms with van der Waals surface area (Å²) < 4.78 is 45.8. The van der Waals surface area contributed by atoms with Gasteiger partial charge in [0.05, 0.1) is 35.1 Å². The second-order valence-corrected chi connectivity index (χ2v) is 6.50. The molecule has 0 atom stereocenters. The summed E-state index contributed by atoms with van der Waals surface area (Å²) in [7, 11) is 1.09. The zero-order valence-electron chi connectivity index (χ0n) is 15.5. The molecule has 0 aliphatic heterocycles. The minimum absolute atomic E-state index is 0.0867. The van der Waals surface area contributed by atoms with Crippen LogP contribution in [0.4, 0.5) is 18.9 Å². The number of nitrogens with zero attached hydrogens (tertiary/aromatic N) is 2. The molecule has 2 N–H and O–H groups in total. The van der Waals surface area contributed by atoms with Crippen LogP contribution in [0.25, 0.3) is 27.5 Å². The van der Waals surface area contributed by atoms with Crippen LogP contribution in [0.2, 0.25) is 0 Å². The van der Waals surface area contributed by atoms with Crippen molar-refractivity contribution in [3.8, 4) is 5.69 Å². The summed E-state index contributed by atoms with van der Waals surface area (Å²) in [6.07, 6.45) is -3.21. The van der Waals surface area contributed by atoms with Crippen molar-refractivity contribution < 1.29 is 22.7 Å². The Labute approximate surface area is 167 Å². The van der Waals surface area contributed by atoms with E-state index in [0.29, 0.717) is 10.9 Å². The molecule has 2 aromatic carbocycles. The monoisotopic (exact) mass is 413 g/mol. The molecule has 0 unspecified atom stereocenters. The Balaban J connectivity index is 2.23. The number of ether oxygens (including phenoxy) is 1. The lowest BCUT2D eigenvalue weighted by Gasteiger charge is -2.18. The molecule has 0 bridgehead atoms. The molecule has 4 aromatic rings.